The van der Waals surface area contributed by atoms with Crippen LogP contribution < -0.4 is 4.90 Å². The standard InChI is InChI=1S/C23H26N4O4S/c28-27(29)19-7-8-22(23(16-19)32(30,31)26-11-3-4-12-26)25-13-9-17(10-14-25)21-15-18-5-1-2-6-20(18)24-21/h1-2,5-8,15-17,24H,3-4,9-14H2. The number of non-ortho nitro benzene ring substituents is 1. The number of nitrogens with one attached hydrogen (secondary N) is 1. The van der Waals surface area contributed by atoms with Gasteiger partial charge >= 0.3 is 0 Å². The Morgan fingerprint density at radius 2 is 1.69 bits per heavy atom. The van der Waals surface area contributed by atoms with Gasteiger partial charge in [-0.2, -0.15) is 4.31 Å². The Hall–Kier alpha value is -2.91. The number of aromatic nitrogens is 1. The Bertz CT molecular complexity index is 1220. The number of nitro benzene ring substituents is 1. The SMILES string of the molecule is O=[N+]([O-])c1ccc(N2CCC(c3cc4ccccc4[nH]3)CC2)c(S(=O)(=O)N2CCCC2)c1. The average Bonchev–Trinajstić information content (AvgIpc) is 3.49. The molecule has 168 valence electrons. The number of nitrogens with zero attached hydrogens (tertiary/aromatic N) is 3. The maximum Gasteiger partial charge on any atom is 0.270 e. The molecule has 5 rings (SSSR count). The molecule has 32 heavy (non-hydrogen) atoms. The Morgan fingerprint density at radius 3 is 2.38 bits per heavy atom. The van der Waals surface area contributed by atoms with E-state index in [2.05, 4.69) is 28.1 Å². The van der Waals surface area contributed by atoms with Crippen molar-refractivity contribution < 1.29 is 13.3 Å². The Kier molecular flexibility index (Phi) is 5.38. The summed E-state index contributed by atoms with van der Waals surface area (Å²) in [6, 6.07) is 14.6. The number of hydrogen-bond donors (Lipinski definition) is 1. The van der Waals surface area contributed by atoms with Gasteiger partial charge in [-0.15, -0.1) is 0 Å². The van der Waals surface area contributed by atoms with E-state index in [9.17, 15) is 18.5 Å². The summed E-state index contributed by atoms with van der Waals surface area (Å²) in [5.74, 6) is 0.371. The van der Waals surface area contributed by atoms with Crippen molar-refractivity contribution in [3.63, 3.8) is 0 Å². The molecule has 0 amide bonds. The van der Waals surface area contributed by atoms with E-state index in [-0.39, 0.29) is 10.6 Å². The smallest absolute Gasteiger partial charge is 0.270 e. The molecule has 0 atom stereocenters. The van der Waals surface area contributed by atoms with Crippen LogP contribution in [0.5, 0.6) is 0 Å². The average molecular weight is 455 g/mol. The predicted octanol–water partition coefficient (Wildman–Crippen LogP) is 4.24. The fourth-order valence-corrected chi connectivity index (χ4v) is 6.65. The van der Waals surface area contributed by atoms with Crippen LogP contribution in [0.4, 0.5) is 11.4 Å². The third-order valence-electron chi connectivity index (χ3n) is 6.66. The first-order chi connectivity index (χ1) is 15.4. The molecular formula is C23H26N4O4S. The van der Waals surface area contributed by atoms with Gasteiger partial charge in [0.25, 0.3) is 5.69 Å². The molecule has 2 saturated heterocycles. The molecule has 2 aliphatic heterocycles. The first-order valence-electron chi connectivity index (χ1n) is 11.0. The second-order valence-electron chi connectivity index (χ2n) is 8.59. The first-order valence-corrected chi connectivity index (χ1v) is 12.5. The minimum Gasteiger partial charge on any atom is -0.370 e. The minimum atomic E-state index is -3.78. The summed E-state index contributed by atoms with van der Waals surface area (Å²) in [6.45, 7) is 2.32. The van der Waals surface area contributed by atoms with Crippen LogP contribution in [-0.2, 0) is 10.0 Å². The van der Waals surface area contributed by atoms with E-state index < -0.39 is 14.9 Å². The fourth-order valence-electron chi connectivity index (χ4n) is 4.90. The van der Waals surface area contributed by atoms with Crippen LogP contribution in [0.25, 0.3) is 10.9 Å². The van der Waals surface area contributed by atoms with E-state index >= 15 is 0 Å². The molecule has 2 aromatic carbocycles. The normalized spacial score (nSPS) is 18.4. The number of anilines is 1. The summed E-state index contributed by atoms with van der Waals surface area (Å²) in [5.41, 5.74) is 2.70. The predicted molar refractivity (Wildman–Crippen MR) is 124 cm³/mol. The van der Waals surface area contributed by atoms with Crippen LogP contribution in [0.15, 0.2) is 53.4 Å². The van der Waals surface area contributed by atoms with Gasteiger partial charge in [-0.05, 0) is 49.3 Å². The fraction of sp³-hybridized carbons (Fsp3) is 0.391. The Balaban J connectivity index is 1.41. The highest BCUT2D eigenvalue weighted by molar-refractivity contribution is 7.89. The maximum atomic E-state index is 13.3. The third-order valence-corrected chi connectivity index (χ3v) is 8.59. The van der Waals surface area contributed by atoms with E-state index in [1.165, 1.54) is 27.5 Å². The zero-order valence-corrected chi connectivity index (χ0v) is 18.6. The van der Waals surface area contributed by atoms with Crippen LogP contribution in [0.3, 0.4) is 0 Å². The largest absolute Gasteiger partial charge is 0.370 e. The van der Waals surface area contributed by atoms with Crippen molar-refractivity contribution >= 4 is 32.3 Å². The van der Waals surface area contributed by atoms with Crippen molar-refractivity contribution in [1.82, 2.24) is 9.29 Å². The lowest BCUT2D eigenvalue weighted by molar-refractivity contribution is -0.385. The number of para-hydroxylation sites is 1. The van der Waals surface area contributed by atoms with Crippen molar-refractivity contribution in [3.8, 4) is 0 Å². The van der Waals surface area contributed by atoms with Gasteiger partial charge < -0.3 is 9.88 Å². The van der Waals surface area contributed by atoms with E-state index in [1.807, 2.05) is 12.1 Å². The molecule has 9 heteroatoms. The van der Waals surface area contributed by atoms with Gasteiger partial charge in [-0.25, -0.2) is 8.42 Å². The van der Waals surface area contributed by atoms with Gasteiger partial charge in [0.1, 0.15) is 4.90 Å². The van der Waals surface area contributed by atoms with Crippen LogP contribution in [0.2, 0.25) is 0 Å². The van der Waals surface area contributed by atoms with Gasteiger partial charge in [0.05, 0.1) is 10.6 Å². The third kappa shape index (κ3) is 3.75. The second kappa shape index (κ2) is 8.22. The lowest BCUT2D eigenvalue weighted by Crippen LogP contribution is -2.35. The molecule has 0 saturated carbocycles. The highest BCUT2D eigenvalue weighted by Crippen LogP contribution is 2.37. The summed E-state index contributed by atoms with van der Waals surface area (Å²) >= 11 is 0. The molecule has 0 aliphatic carbocycles. The zero-order valence-electron chi connectivity index (χ0n) is 17.7. The maximum absolute atomic E-state index is 13.3. The summed E-state index contributed by atoms with van der Waals surface area (Å²) in [6.07, 6.45) is 3.40. The second-order valence-corrected chi connectivity index (χ2v) is 10.5. The molecule has 0 radical (unpaired) electrons. The van der Waals surface area contributed by atoms with Crippen molar-refractivity contribution in [3.05, 3.63) is 64.3 Å². The quantitative estimate of drug-likeness (QED) is 0.459. The highest BCUT2D eigenvalue weighted by atomic mass is 32.2. The first kappa shape index (κ1) is 21.0. The number of sulfonamides is 1. The molecule has 1 N–H and O–H groups in total. The number of H-pyrrole nitrogens is 1. The lowest BCUT2D eigenvalue weighted by atomic mass is 9.93. The van der Waals surface area contributed by atoms with Crippen molar-refractivity contribution in [1.29, 1.82) is 0 Å². The molecule has 3 heterocycles. The summed E-state index contributed by atoms with van der Waals surface area (Å²) in [4.78, 5) is 16.4. The summed E-state index contributed by atoms with van der Waals surface area (Å²) in [5, 5.41) is 12.5. The highest BCUT2D eigenvalue weighted by Gasteiger charge is 2.33. The number of aromatic amines is 1. The molecule has 0 unspecified atom stereocenters. The number of fused-ring (bicyclic) bond motifs is 1. The molecular weight excluding hydrogens is 428 g/mol. The number of benzene rings is 2. The van der Waals surface area contributed by atoms with Gasteiger partial charge in [-0.3, -0.25) is 10.1 Å². The molecule has 8 nitrogen and oxygen atoms in total. The number of rotatable bonds is 5. The van der Waals surface area contributed by atoms with E-state index in [0.717, 1.165) is 31.2 Å². The molecule has 0 spiro atoms. The van der Waals surface area contributed by atoms with Gasteiger partial charge in [-0.1, -0.05) is 18.2 Å². The zero-order chi connectivity index (χ0) is 22.3. The topological polar surface area (TPSA) is 99.5 Å². The lowest BCUT2D eigenvalue weighted by Gasteiger charge is -2.34. The number of nitro groups is 1. The minimum absolute atomic E-state index is 0.0534. The van der Waals surface area contributed by atoms with Crippen LogP contribution in [0, 0.1) is 10.1 Å². The van der Waals surface area contributed by atoms with Crippen LogP contribution >= 0.6 is 0 Å². The van der Waals surface area contributed by atoms with E-state index in [4.69, 9.17) is 0 Å². The van der Waals surface area contributed by atoms with Gasteiger partial charge in [0.2, 0.25) is 10.0 Å². The Morgan fingerprint density at radius 1 is 0.969 bits per heavy atom. The van der Waals surface area contributed by atoms with E-state index in [0.29, 0.717) is 37.8 Å². The van der Waals surface area contributed by atoms with Crippen LogP contribution in [-0.4, -0.2) is 48.8 Å². The molecule has 3 aromatic rings. The monoisotopic (exact) mass is 454 g/mol. The molecule has 0 bridgehead atoms. The van der Waals surface area contributed by atoms with Crippen molar-refractivity contribution in [2.24, 2.45) is 0 Å². The number of hydrogen-bond acceptors (Lipinski definition) is 5. The molecule has 2 fully saturated rings. The van der Waals surface area contributed by atoms with Gasteiger partial charge in [0.15, 0.2) is 0 Å². The van der Waals surface area contributed by atoms with Crippen molar-refractivity contribution in [2.45, 2.75) is 36.5 Å². The number of piperidine rings is 1. The summed E-state index contributed by atoms with van der Waals surface area (Å²) < 4.78 is 28.1. The molecule has 1 aromatic heterocycles. The Labute approximate surface area is 187 Å². The van der Waals surface area contributed by atoms with E-state index in [1.54, 1.807) is 6.07 Å². The summed E-state index contributed by atoms with van der Waals surface area (Å²) in [7, 11) is -3.78. The van der Waals surface area contributed by atoms with Crippen molar-refractivity contribution in [2.75, 3.05) is 31.1 Å². The van der Waals surface area contributed by atoms with Gasteiger partial charge in [0, 0.05) is 55.4 Å². The van der Waals surface area contributed by atoms with Crippen LogP contribution in [0.1, 0.15) is 37.3 Å². The molecule has 2 aliphatic rings.